The van der Waals surface area contributed by atoms with Gasteiger partial charge in [0.25, 0.3) is 0 Å². The first-order valence-electron chi connectivity index (χ1n) is 8.45. The number of anilines is 1. The summed E-state index contributed by atoms with van der Waals surface area (Å²) in [6.45, 7) is 6.23. The van der Waals surface area contributed by atoms with Crippen molar-refractivity contribution in [1.82, 2.24) is 9.78 Å². The van der Waals surface area contributed by atoms with Gasteiger partial charge < -0.3 is 11.1 Å². The molecule has 1 heterocycles. The summed E-state index contributed by atoms with van der Waals surface area (Å²) in [5.74, 6) is -0.666. The number of aryl methyl sites for hydroxylation is 1. The highest BCUT2D eigenvalue weighted by Crippen LogP contribution is 2.20. The molecule has 3 rings (SSSR count). The number of hydrogen-bond donors (Lipinski definition) is 2. The summed E-state index contributed by atoms with van der Waals surface area (Å²) in [5.41, 5.74) is 8.15. The minimum atomic E-state index is -1.76. The first kappa shape index (κ1) is 18.3. The minimum absolute atomic E-state index is 0.285. The largest absolute Gasteiger partial charge is 0.324 e. The molecule has 0 saturated heterocycles. The van der Waals surface area contributed by atoms with Gasteiger partial charge in [0.2, 0.25) is 5.91 Å². The highest BCUT2D eigenvalue weighted by molar-refractivity contribution is 6.88. The van der Waals surface area contributed by atoms with Crippen LogP contribution in [0.25, 0.3) is 10.9 Å². The molecule has 1 atom stereocenters. The Morgan fingerprint density at radius 1 is 1.23 bits per heavy atom. The van der Waals surface area contributed by atoms with Crippen LogP contribution in [0.15, 0.2) is 42.6 Å². The molecule has 2 aromatic carbocycles. The Balaban J connectivity index is 1.79. The molecule has 0 radical (unpaired) electrons. The topological polar surface area (TPSA) is 72.9 Å². The summed E-state index contributed by atoms with van der Waals surface area (Å²) < 4.78 is 16.1. The van der Waals surface area contributed by atoms with Gasteiger partial charge in [-0.15, -0.1) is 0 Å². The van der Waals surface area contributed by atoms with E-state index in [1.54, 1.807) is 23.0 Å². The molecule has 0 aliphatic rings. The van der Waals surface area contributed by atoms with Crippen LogP contribution in [0.4, 0.5) is 10.1 Å². The standard InChI is InChI=1S/C19H23FN4OSi/c1-24-16-7-5-12(9-13(16)11-22-24)18(21)19(25)23-14-6-8-17(15(20)10-14)26(2,3)4/h5-11,18H,21H2,1-4H3,(H,23,25)/t18-/m0/s1. The van der Waals surface area contributed by atoms with E-state index >= 15 is 0 Å². The Morgan fingerprint density at radius 3 is 2.62 bits per heavy atom. The van der Waals surface area contributed by atoms with E-state index in [4.69, 9.17) is 5.73 Å². The third-order valence-electron chi connectivity index (χ3n) is 4.46. The van der Waals surface area contributed by atoms with E-state index in [1.807, 2.05) is 25.2 Å². The summed E-state index contributed by atoms with van der Waals surface area (Å²) in [6, 6.07) is 9.54. The highest BCUT2D eigenvalue weighted by Gasteiger charge is 2.22. The minimum Gasteiger partial charge on any atom is -0.324 e. The van der Waals surface area contributed by atoms with Crippen molar-refractivity contribution in [2.24, 2.45) is 12.8 Å². The monoisotopic (exact) mass is 370 g/mol. The molecule has 26 heavy (non-hydrogen) atoms. The second-order valence-corrected chi connectivity index (χ2v) is 12.5. The molecule has 1 aromatic heterocycles. The SMILES string of the molecule is Cn1ncc2cc([C@H](N)C(=O)Nc3ccc([Si](C)(C)C)c(F)c3)ccc21. The van der Waals surface area contributed by atoms with Gasteiger partial charge in [0.15, 0.2) is 0 Å². The molecule has 3 N–H and O–H groups in total. The van der Waals surface area contributed by atoms with Gasteiger partial charge in [-0.3, -0.25) is 9.48 Å². The predicted octanol–water partition coefficient (Wildman–Crippen LogP) is 2.90. The Hall–Kier alpha value is -2.51. The first-order valence-corrected chi connectivity index (χ1v) is 11.9. The Kier molecular flexibility index (Phi) is 4.68. The molecule has 0 bridgehead atoms. The van der Waals surface area contributed by atoms with Crippen LogP contribution in [-0.2, 0) is 11.8 Å². The Bertz CT molecular complexity index is 977. The fourth-order valence-electron chi connectivity index (χ4n) is 2.95. The zero-order valence-corrected chi connectivity index (χ0v) is 16.4. The Morgan fingerprint density at radius 2 is 1.96 bits per heavy atom. The number of halogens is 1. The number of nitrogens with one attached hydrogen (secondary N) is 1. The zero-order chi connectivity index (χ0) is 19.1. The first-order chi connectivity index (χ1) is 12.2. The van der Waals surface area contributed by atoms with Crippen LogP contribution in [0.2, 0.25) is 19.6 Å². The maximum atomic E-state index is 14.3. The van der Waals surface area contributed by atoms with E-state index in [0.29, 0.717) is 11.3 Å². The van der Waals surface area contributed by atoms with Crippen LogP contribution in [0.3, 0.4) is 0 Å². The van der Waals surface area contributed by atoms with Crippen molar-refractivity contribution >= 4 is 35.8 Å². The molecule has 1 amide bonds. The third kappa shape index (κ3) is 3.54. The molecule has 136 valence electrons. The van der Waals surface area contributed by atoms with E-state index in [0.717, 1.165) is 16.1 Å². The number of amides is 1. The number of nitrogens with two attached hydrogens (primary N) is 1. The molecule has 0 spiro atoms. The van der Waals surface area contributed by atoms with Crippen LogP contribution in [0.1, 0.15) is 11.6 Å². The molecule has 7 heteroatoms. The van der Waals surface area contributed by atoms with E-state index in [9.17, 15) is 9.18 Å². The lowest BCUT2D eigenvalue weighted by Crippen LogP contribution is -2.40. The van der Waals surface area contributed by atoms with E-state index in [-0.39, 0.29) is 11.7 Å². The number of carbonyl (C=O) groups is 1. The van der Waals surface area contributed by atoms with Gasteiger partial charge in [-0.25, -0.2) is 4.39 Å². The normalized spacial score (nSPS) is 13.0. The van der Waals surface area contributed by atoms with Crippen molar-refractivity contribution in [2.75, 3.05) is 5.32 Å². The van der Waals surface area contributed by atoms with E-state index in [2.05, 4.69) is 30.1 Å². The summed E-state index contributed by atoms with van der Waals surface area (Å²) in [4.78, 5) is 12.5. The lowest BCUT2D eigenvalue weighted by atomic mass is 10.0. The second-order valence-electron chi connectivity index (χ2n) is 7.50. The number of carbonyl (C=O) groups excluding carboxylic acids is 1. The van der Waals surface area contributed by atoms with Gasteiger partial charge in [0.05, 0.1) is 19.8 Å². The summed E-state index contributed by atoms with van der Waals surface area (Å²) in [7, 11) is 0.0948. The van der Waals surface area contributed by atoms with Crippen LogP contribution >= 0.6 is 0 Å². The van der Waals surface area contributed by atoms with Crippen molar-refractivity contribution in [3.63, 3.8) is 0 Å². The molecule has 3 aromatic rings. The highest BCUT2D eigenvalue weighted by atomic mass is 28.3. The van der Waals surface area contributed by atoms with Crippen molar-refractivity contribution < 1.29 is 9.18 Å². The fraction of sp³-hybridized carbons (Fsp3) is 0.263. The number of hydrogen-bond acceptors (Lipinski definition) is 3. The molecule has 0 unspecified atom stereocenters. The van der Waals surface area contributed by atoms with Gasteiger partial charge in [-0.05, 0) is 35.0 Å². The number of nitrogens with zero attached hydrogens (tertiary/aromatic N) is 2. The van der Waals surface area contributed by atoms with Gasteiger partial charge >= 0.3 is 0 Å². The van der Waals surface area contributed by atoms with Crippen molar-refractivity contribution in [3.8, 4) is 0 Å². The quantitative estimate of drug-likeness (QED) is 0.694. The lowest BCUT2D eigenvalue weighted by Gasteiger charge is -2.19. The second kappa shape index (κ2) is 6.66. The molecule has 5 nitrogen and oxygen atoms in total. The average molecular weight is 371 g/mol. The van der Waals surface area contributed by atoms with Crippen LogP contribution < -0.4 is 16.2 Å². The number of fused-ring (bicyclic) bond motifs is 1. The number of benzene rings is 2. The number of rotatable bonds is 4. The van der Waals surface area contributed by atoms with Gasteiger partial charge in [-0.1, -0.05) is 31.8 Å². The zero-order valence-electron chi connectivity index (χ0n) is 15.4. The molecule has 0 aliphatic carbocycles. The summed E-state index contributed by atoms with van der Waals surface area (Å²) in [6.07, 6.45) is 1.73. The number of aromatic nitrogens is 2. The molecule has 0 saturated carbocycles. The molecule has 0 aliphatic heterocycles. The maximum absolute atomic E-state index is 14.3. The van der Waals surface area contributed by atoms with Gasteiger partial charge in [0.1, 0.15) is 11.9 Å². The summed E-state index contributed by atoms with van der Waals surface area (Å²) >= 11 is 0. The van der Waals surface area contributed by atoms with Gasteiger partial charge in [-0.2, -0.15) is 5.10 Å². The van der Waals surface area contributed by atoms with Gasteiger partial charge in [0, 0.05) is 18.1 Å². The van der Waals surface area contributed by atoms with Crippen molar-refractivity contribution in [2.45, 2.75) is 25.7 Å². The third-order valence-corrected chi connectivity index (χ3v) is 6.48. The molecule has 0 fully saturated rings. The average Bonchev–Trinajstić information content (AvgIpc) is 2.93. The lowest BCUT2D eigenvalue weighted by molar-refractivity contribution is -0.117. The smallest absolute Gasteiger partial charge is 0.245 e. The van der Waals surface area contributed by atoms with Crippen molar-refractivity contribution in [3.05, 3.63) is 54.0 Å². The maximum Gasteiger partial charge on any atom is 0.245 e. The molecular formula is C19H23FN4OSi. The molecular weight excluding hydrogens is 347 g/mol. The van der Waals surface area contributed by atoms with Crippen molar-refractivity contribution in [1.29, 1.82) is 0 Å². The van der Waals surface area contributed by atoms with Crippen LogP contribution in [-0.4, -0.2) is 23.8 Å². The summed E-state index contributed by atoms with van der Waals surface area (Å²) in [5, 5.41) is 8.54. The predicted molar refractivity (Wildman–Crippen MR) is 106 cm³/mol. The van der Waals surface area contributed by atoms with E-state index in [1.165, 1.54) is 6.07 Å². The van der Waals surface area contributed by atoms with Crippen LogP contribution in [0.5, 0.6) is 0 Å². The fourth-order valence-corrected chi connectivity index (χ4v) is 4.32. The van der Waals surface area contributed by atoms with E-state index < -0.39 is 14.1 Å². The Labute approximate surface area is 153 Å². The van der Waals surface area contributed by atoms with Crippen LogP contribution in [0, 0.1) is 5.82 Å².